The lowest BCUT2D eigenvalue weighted by Crippen LogP contribution is -2.12. The van der Waals surface area contributed by atoms with Crippen LogP contribution in [0.1, 0.15) is 10.4 Å². The van der Waals surface area contributed by atoms with Crippen molar-refractivity contribution in [3.05, 3.63) is 51.5 Å². The molecule has 0 saturated carbocycles. The lowest BCUT2D eigenvalue weighted by molar-refractivity contribution is 0.102. The van der Waals surface area contributed by atoms with Crippen LogP contribution in [0.2, 0.25) is 5.02 Å². The number of carbonyl (C=O) groups is 1. The van der Waals surface area contributed by atoms with E-state index < -0.39 is 0 Å². The van der Waals surface area contributed by atoms with Crippen LogP contribution in [0, 0.1) is 0 Å². The minimum absolute atomic E-state index is 0.0887. The van der Waals surface area contributed by atoms with Crippen molar-refractivity contribution in [2.24, 2.45) is 0 Å². The Bertz CT molecular complexity index is 661. The van der Waals surface area contributed by atoms with E-state index in [-0.39, 0.29) is 16.7 Å². The molecule has 0 unspecified atom stereocenters. The minimum Gasteiger partial charge on any atom is -0.506 e. The summed E-state index contributed by atoms with van der Waals surface area (Å²) >= 11 is 9.03. The first-order valence-electron chi connectivity index (χ1n) is 5.64. The van der Waals surface area contributed by atoms with E-state index >= 15 is 0 Å². The van der Waals surface area contributed by atoms with Gasteiger partial charge in [-0.2, -0.15) is 0 Å². The van der Waals surface area contributed by atoms with Crippen LogP contribution < -0.4 is 10.1 Å². The number of amides is 1. The molecule has 0 spiro atoms. The Kier molecular flexibility index (Phi) is 4.52. The number of carbonyl (C=O) groups excluding carboxylic acids is 1. The number of nitrogens with one attached hydrogen (secondary N) is 1. The van der Waals surface area contributed by atoms with E-state index in [1.807, 2.05) is 0 Å². The number of aromatic hydroxyl groups is 1. The van der Waals surface area contributed by atoms with Crippen molar-refractivity contribution >= 4 is 39.1 Å². The molecule has 20 heavy (non-hydrogen) atoms. The van der Waals surface area contributed by atoms with Gasteiger partial charge in [0.05, 0.1) is 17.7 Å². The number of phenols is 1. The second-order valence-electron chi connectivity index (χ2n) is 3.97. The molecule has 1 amide bonds. The fourth-order valence-corrected chi connectivity index (χ4v) is 2.14. The molecule has 2 rings (SSSR count). The number of benzene rings is 2. The van der Waals surface area contributed by atoms with Gasteiger partial charge >= 0.3 is 0 Å². The standard InChI is InChI=1S/C14H11BrClNO3/c1-20-9-3-4-11(15)10(7-9)14(19)17-8-2-5-12(16)13(18)6-8/h2-7,18H,1H3,(H,17,19). The summed E-state index contributed by atoms with van der Waals surface area (Å²) in [5.41, 5.74) is 0.880. The quantitative estimate of drug-likeness (QED) is 0.871. The van der Waals surface area contributed by atoms with E-state index in [4.69, 9.17) is 16.3 Å². The van der Waals surface area contributed by atoms with Gasteiger partial charge < -0.3 is 15.2 Å². The summed E-state index contributed by atoms with van der Waals surface area (Å²) in [5.74, 6) is 0.170. The van der Waals surface area contributed by atoms with Crippen molar-refractivity contribution in [3.63, 3.8) is 0 Å². The maximum absolute atomic E-state index is 12.2. The molecule has 0 aromatic heterocycles. The third-order valence-electron chi connectivity index (χ3n) is 2.62. The molecule has 4 nitrogen and oxygen atoms in total. The van der Waals surface area contributed by atoms with Gasteiger partial charge in [-0.3, -0.25) is 4.79 Å². The molecule has 6 heteroatoms. The Balaban J connectivity index is 2.25. The number of anilines is 1. The molecule has 0 aliphatic heterocycles. The Labute approximate surface area is 129 Å². The van der Waals surface area contributed by atoms with Gasteiger partial charge in [-0.1, -0.05) is 11.6 Å². The molecule has 0 saturated heterocycles. The number of rotatable bonds is 3. The van der Waals surface area contributed by atoms with Gasteiger partial charge in [0.1, 0.15) is 11.5 Å². The van der Waals surface area contributed by atoms with E-state index in [1.165, 1.54) is 19.2 Å². The number of halogens is 2. The van der Waals surface area contributed by atoms with E-state index in [1.54, 1.807) is 24.3 Å². The van der Waals surface area contributed by atoms with Crippen LogP contribution in [0.5, 0.6) is 11.5 Å². The number of hydrogen-bond donors (Lipinski definition) is 2. The largest absolute Gasteiger partial charge is 0.506 e. The molecule has 0 bridgehead atoms. The smallest absolute Gasteiger partial charge is 0.256 e. The van der Waals surface area contributed by atoms with Crippen LogP contribution in [0.15, 0.2) is 40.9 Å². The van der Waals surface area contributed by atoms with Gasteiger partial charge in [0.25, 0.3) is 5.91 Å². The molecular formula is C14H11BrClNO3. The minimum atomic E-state index is -0.322. The molecule has 0 aliphatic rings. The highest BCUT2D eigenvalue weighted by molar-refractivity contribution is 9.10. The van der Waals surface area contributed by atoms with Crippen LogP contribution in [0.4, 0.5) is 5.69 Å². The normalized spacial score (nSPS) is 10.2. The summed E-state index contributed by atoms with van der Waals surface area (Å²) in [6.07, 6.45) is 0. The van der Waals surface area contributed by atoms with Gasteiger partial charge in [-0.25, -0.2) is 0 Å². The van der Waals surface area contributed by atoms with Crippen LogP contribution in [-0.4, -0.2) is 18.1 Å². The van der Waals surface area contributed by atoms with E-state index in [0.717, 1.165) is 0 Å². The third-order valence-corrected chi connectivity index (χ3v) is 3.63. The van der Waals surface area contributed by atoms with Gasteiger partial charge in [0, 0.05) is 16.2 Å². The average molecular weight is 357 g/mol. The lowest BCUT2D eigenvalue weighted by Gasteiger charge is -2.09. The Morgan fingerprint density at radius 1 is 1.30 bits per heavy atom. The number of ether oxygens (including phenoxy) is 1. The summed E-state index contributed by atoms with van der Waals surface area (Å²) in [5, 5.41) is 12.4. The van der Waals surface area contributed by atoms with Crippen molar-refractivity contribution in [3.8, 4) is 11.5 Å². The molecule has 2 aromatic rings. The average Bonchev–Trinajstić information content (AvgIpc) is 2.43. The second-order valence-corrected chi connectivity index (χ2v) is 5.23. The van der Waals surface area contributed by atoms with Crippen LogP contribution in [-0.2, 0) is 0 Å². The van der Waals surface area contributed by atoms with Crippen LogP contribution >= 0.6 is 27.5 Å². The first kappa shape index (κ1) is 14.7. The summed E-state index contributed by atoms with van der Waals surface area (Å²) in [6, 6.07) is 9.59. The van der Waals surface area contributed by atoms with E-state index in [9.17, 15) is 9.90 Å². The zero-order valence-electron chi connectivity index (χ0n) is 10.5. The Hall–Kier alpha value is -1.72. The lowest BCUT2D eigenvalue weighted by atomic mass is 10.2. The summed E-state index contributed by atoms with van der Waals surface area (Å²) in [4.78, 5) is 12.2. The first-order valence-corrected chi connectivity index (χ1v) is 6.82. The van der Waals surface area contributed by atoms with Crippen molar-refractivity contribution in [2.45, 2.75) is 0 Å². The summed E-state index contributed by atoms with van der Waals surface area (Å²) in [6.45, 7) is 0. The van der Waals surface area contributed by atoms with Crippen LogP contribution in [0.3, 0.4) is 0 Å². The fraction of sp³-hybridized carbons (Fsp3) is 0.0714. The molecule has 0 aliphatic carbocycles. The predicted molar refractivity (Wildman–Crippen MR) is 81.8 cm³/mol. The number of phenolic OH excluding ortho intramolecular Hbond substituents is 1. The third kappa shape index (κ3) is 3.23. The topological polar surface area (TPSA) is 58.6 Å². The molecule has 2 aromatic carbocycles. The van der Waals surface area contributed by atoms with Crippen molar-refractivity contribution in [1.82, 2.24) is 0 Å². The Morgan fingerprint density at radius 2 is 2.05 bits per heavy atom. The van der Waals surface area contributed by atoms with Crippen molar-refractivity contribution in [1.29, 1.82) is 0 Å². The number of hydrogen-bond acceptors (Lipinski definition) is 3. The first-order chi connectivity index (χ1) is 9.51. The molecular weight excluding hydrogens is 346 g/mol. The molecule has 0 heterocycles. The van der Waals surface area contributed by atoms with Crippen molar-refractivity contribution < 1.29 is 14.6 Å². The van der Waals surface area contributed by atoms with Gasteiger partial charge in [0.2, 0.25) is 0 Å². The van der Waals surface area contributed by atoms with Crippen LogP contribution in [0.25, 0.3) is 0 Å². The Morgan fingerprint density at radius 3 is 2.70 bits per heavy atom. The zero-order chi connectivity index (χ0) is 14.7. The van der Waals surface area contributed by atoms with Gasteiger partial charge in [-0.05, 0) is 46.3 Å². The molecule has 2 N–H and O–H groups in total. The number of methoxy groups -OCH3 is 1. The maximum atomic E-state index is 12.2. The monoisotopic (exact) mass is 355 g/mol. The summed E-state index contributed by atoms with van der Waals surface area (Å²) < 4.78 is 5.73. The molecule has 0 fully saturated rings. The molecule has 0 atom stereocenters. The van der Waals surface area contributed by atoms with E-state index in [2.05, 4.69) is 21.2 Å². The highest BCUT2D eigenvalue weighted by Gasteiger charge is 2.12. The highest BCUT2D eigenvalue weighted by atomic mass is 79.9. The molecule has 104 valence electrons. The van der Waals surface area contributed by atoms with Gasteiger partial charge in [0.15, 0.2) is 0 Å². The fourth-order valence-electron chi connectivity index (χ4n) is 1.59. The van der Waals surface area contributed by atoms with E-state index in [0.29, 0.717) is 21.5 Å². The van der Waals surface area contributed by atoms with Crippen molar-refractivity contribution in [2.75, 3.05) is 12.4 Å². The second kappa shape index (κ2) is 6.15. The summed E-state index contributed by atoms with van der Waals surface area (Å²) in [7, 11) is 1.53. The molecule has 0 radical (unpaired) electrons. The van der Waals surface area contributed by atoms with Gasteiger partial charge in [-0.15, -0.1) is 0 Å². The SMILES string of the molecule is COc1ccc(Br)c(C(=O)Nc2ccc(Cl)c(O)c2)c1. The zero-order valence-corrected chi connectivity index (χ0v) is 12.8. The predicted octanol–water partition coefficient (Wildman–Crippen LogP) is 4.07. The highest BCUT2D eigenvalue weighted by Crippen LogP contribution is 2.27. The maximum Gasteiger partial charge on any atom is 0.256 e.